The Morgan fingerprint density at radius 1 is 1.37 bits per heavy atom. The fourth-order valence-corrected chi connectivity index (χ4v) is 3.47. The van der Waals surface area contributed by atoms with E-state index >= 15 is 0 Å². The normalized spacial score (nSPS) is 21.1. The van der Waals surface area contributed by atoms with Gasteiger partial charge in [-0.05, 0) is 5.56 Å². The molecule has 1 saturated heterocycles. The lowest BCUT2D eigenvalue weighted by Crippen LogP contribution is -2.32. The summed E-state index contributed by atoms with van der Waals surface area (Å²) in [5.41, 5.74) is 0.958. The van der Waals surface area contributed by atoms with Gasteiger partial charge in [-0.3, -0.25) is 14.9 Å². The predicted molar refractivity (Wildman–Crippen MR) is 76.0 cm³/mol. The number of nitro groups is 1. The van der Waals surface area contributed by atoms with Crippen molar-refractivity contribution in [1.29, 1.82) is 0 Å². The van der Waals surface area contributed by atoms with Gasteiger partial charge in [0.15, 0.2) is 0 Å². The van der Waals surface area contributed by atoms with Crippen LogP contribution in [0.2, 0.25) is 0 Å². The minimum atomic E-state index is -0.657. The molecule has 102 valence electrons. The zero-order chi connectivity index (χ0) is 13.7. The van der Waals surface area contributed by atoms with Gasteiger partial charge in [0.25, 0.3) is 0 Å². The Labute approximate surface area is 116 Å². The van der Waals surface area contributed by atoms with E-state index in [0.717, 1.165) is 17.1 Å². The largest absolute Gasteiger partial charge is 0.299 e. The lowest BCUT2D eigenvalue weighted by molar-refractivity contribution is -0.523. The number of hydrogen-bond donors (Lipinski definition) is 0. The monoisotopic (exact) mass is 279 g/mol. The van der Waals surface area contributed by atoms with Crippen molar-refractivity contribution in [2.24, 2.45) is 5.92 Å². The van der Waals surface area contributed by atoms with Gasteiger partial charge in [-0.1, -0.05) is 30.3 Å². The van der Waals surface area contributed by atoms with E-state index in [-0.39, 0.29) is 16.6 Å². The fourth-order valence-electron chi connectivity index (χ4n) is 2.35. The molecule has 1 fully saturated rings. The highest BCUT2D eigenvalue weighted by Gasteiger charge is 2.31. The minimum absolute atomic E-state index is 0.141. The third-order valence-corrected chi connectivity index (χ3v) is 4.57. The molecular formula is C14H17NO3S. The van der Waals surface area contributed by atoms with Crippen molar-refractivity contribution in [1.82, 2.24) is 0 Å². The van der Waals surface area contributed by atoms with Gasteiger partial charge in [0, 0.05) is 41.6 Å². The van der Waals surface area contributed by atoms with E-state index in [2.05, 4.69) is 0 Å². The van der Waals surface area contributed by atoms with E-state index in [0.29, 0.717) is 19.3 Å². The predicted octanol–water partition coefficient (Wildman–Crippen LogP) is 2.59. The number of ketones is 1. The van der Waals surface area contributed by atoms with Gasteiger partial charge in [-0.25, -0.2) is 0 Å². The van der Waals surface area contributed by atoms with Crippen molar-refractivity contribution in [3.63, 3.8) is 0 Å². The molecule has 5 heteroatoms. The Hall–Kier alpha value is -1.36. The van der Waals surface area contributed by atoms with Crippen LogP contribution < -0.4 is 0 Å². The highest BCUT2D eigenvalue weighted by Crippen LogP contribution is 2.25. The Bertz CT molecular complexity index is 449. The molecule has 0 unspecified atom stereocenters. The quantitative estimate of drug-likeness (QED) is 0.614. The molecule has 2 atom stereocenters. The van der Waals surface area contributed by atoms with Gasteiger partial charge < -0.3 is 0 Å². The van der Waals surface area contributed by atoms with E-state index in [4.69, 9.17) is 0 Å². The second kappa shape index (κ2) is 6.70. The molecule has 0 saturated carbocycles. The minimum Gasteiger partial charge on any atom is -0.299 e. The summed E-state index contributed by atoms with van der Waals surface area (Å²) in [6, 6.07) is 8.80. The van der Waals surface area contributed by atoms with Crippen molar-refractivity contribution < 1.29 is 9.72 Å². The van der Waals surface area contributed by atoms with Crippen LogP contribution in [0, 0.1) is 16.0 Å². The van der Waals surface area contributed by atoms with Gasteiger partial charge in [0.05, 0.1) is 0 Å². The smallest absolute Gasteiger partial charge is 0.217 e. The first-order valence-electron chi connectivity index (χ1n) is 6.44. The summed E-state index contributed by atoms with van der Waals surface area (Å²) in [6.07, 6.45) is 1.33. The van der Waals surface area contributed by atoms with E-state index in [1.165, 1.54) is 0 Å². The molecule has 1 aliphatic rings. The van der Waals surface area contributed by atoms with Crippen molar-refractivity contribution in [2.45, 2.75) is 25.3 Å². The average Bonchev–Trinajstić information content (AvgIpc) is 2.41. The van der Waals surface area contributed by atoms with Crippen LogP contribution in [0.3, 0.4) is 0 Å². The molecule has 1 aromatic rings. The molecule has 0 radical (unpaired) electrons. The molecule has 4 nitrogen and oxygen atoms in total. The molecule has 1 aromatic carbocycles. The maximum Gasteiger partial charge on any atom is 0.217 e. The Morgan fingerprint density at radius 3 is 2.74 bits per heavy atom. The van der Waals surface area contributed by atoms with Crippen LogP contribution in [0.5, 0.6) is 0 Å². The second-order valence-corrected chi connectivity index (χ2v) is 6.00. The maximum absolute atomic E-state index is 11.8. The van der Waals surface area contributed by atoms with Crippen molar-refractivity contribution in [3.8, 4) is 0 Å². The summed E-state index contributed by atoms with van der Waals surface area (Å²) in [5, 5.41) is 11.2. The number of carbonyl (C=O) groups is 1. The Morgan fingerprint density at radius 2 is 2.11 bits per heavy atom. The molecular weight excluding hydrogens is 262 g/mol. The zero-order valence-electron chi connectivity index (χ0n) is 10.7. The summed E-state index contributed by atoms with van der Waals surface area (Å²) in [4.78, 5) is 22.7. The highest BCUT2D eigenvalue weighted by molar-refractivity contribution is 7.99. The molecule has 0 spiro atoms. The van der Waals surface area contributed by atoms with Crippen LogP contribution in [-0.2, 0) is 11.2 Å². The van der Waals surface area contributed by atoms with Gasteiger partial charge >= 0.3 is 0 Å². The topological polar surface area (TPSA) is 60.2 Å². The summed E-state index contributed by atoms with van der Waals surface area (Å²) in [7, 11) is 0. The number of benzene rings is 1. The number of rotatable bonds is 5. The standard InChI is InChI=1S/C14H17NO3S/c16-14-6-7-19-10-12(14)9-13(15(17)18)8-11-4-2-1-3-5-11/h1-5,12-13H,6-10H2/t12-,13-/m0/s1. The van der Waals surface area contributed by atoms with Crippen LogP contribution in [0.15, 0.2) is 30.3 Å². The van der Waals surface area contributed by atoms with Crippen molar-refractivity contribution in [3.05, 3.63) is 46.0 Å². The highest BCUT2D eigenvalue weighted by atomic mass is 32.2. The molecule has 0 aliphatic carbocycles. The van der Waals surface area contributed by atoms with Crippen molar-refractivity contribution in [2.75, 3.05) is 11.5 Å². The van der Waals surface area contributed by atoms with Gasteiger partial charge in [-0.15, -0.1) is 0 Å². The van der Waals surface area contributed by atoms with Crippen LogP contribution in [-0.4, -0.2) is 28.3 Å². The summed E-state index contributed by atoms with van der Waals surface area (Å²) in [5.74, 6) is 1.64. The average molecular weight is 279 g/mol. The van der Waals surface area contributed by atoms with E-state index in [9.17, 15) is 14.9 Å². The molecule has 2 rings (SSSR count). The molecule has 0 N–H and O–H groups in total. The van der Waals surface area contributed by atoms with Crippen LogP contribution >= 0.6 is 11.8 Å². The van der Waals surface area contributed by atoms with Gasteiger partial charge in [0.1, 0.15) is 5.78 Å². The van der Waals surface area contributed by atoms with E-state index in [1.54, 1.807) is 11.8 Å². The van der Waals surface area contributed by atoms with Gasteiger partial charge in [0.2, 0.25) is 6.04 Å². The van der Waals surface area contributed by atoms with E-state index < -0.39 is 6.04 Å². The van der Waals surface area contributed by atoms with Gasteiger partial charge in [-0.2, -0.15) is 11.8 Å². The van der Waals surface area contributed by atoms with E-state index in [1.807, 2.05) is 30.3 Å². The fraction of sp³-hybridized carbons (Fsp3) is 0.500. The first-order valence-corrected chi connectivity index (χ1v) is 7.60. The summed E-state index contributed by atoms with van der Waals surface area (Å²) < 4.78 is 0. The SMILES string of the molecule is O=C1CCSC[C@@H]1C[C@H](Cc1ccccc1)[N+](=O)[O-]. The van der Waals surface area contributed by atoms with Crippen molar-refractivity contribution >= 4 is 17.5 Å². The van der Waals surface area contributed by atoms with Crippen LogP contribution in [0.25, 0.3) is 0 Å². The zero-order valence-corrected chi connectivity index (χ0v) is 11.5. The number of nitrogens with zero attached hydrogens (tertiary/aromatic N) is 1. The first-order chi connectivity index (χ1) is 9.16. The number of hydrogen-bond acceptors (Lipinski definition) is 4. The Balaban J connectivity index is 2.00. The summed E-state index contributed by atoms with van der Waals surface area (Å²) >= 11 is 1.72. The Kier molecular flexibility index (Phi) is 4.96. The lowest BCUT2D eigenvalue weighted by atomic mass is 9.92. The maximum atomic E-state index is 11.8. The van der Waals surface area contributed by atoms with Crippen LogP contribution in [0.1, 0.15) is 18.4 Å². The molecule has 19 heavy (non-hydrogen) atoms. The molecule has 0 aromatic heterocycles. The molecule has 1 heterocycles. The number of carbonyl (C=O) groups excluding carboxylic acids is 1. The summed E-state index contributed by atoms with van der Waals surface area (Å²) in [6.45, 7) is 0. The number of Topliss-reactive ketones (excluding diaryl/α,β-unsaturated/α-hetero) is 1. The lowest BCUT2D eigenvalue weighted by Gasteiger charge is -2.21. The third kappa shape index (κ3) is 4.06. The first kappa shape index (κ1) is 14.1. The molecule has 0 amide bonds. The molecule has 1 aliphatic heterocycles. The third-order valence-electron chi connectivity index (χ3n) is 3.44. The van der Waals surface area contributed by atoms with Crippen LogP contribution in [0.4, 0.5) is 0 Å². The number of thioether (sulfide) groups is 1. The second-order valence-electron chi connectivity index (χ2n) is 4.85. The molecule has 0 bridgehead atoms.